The van der Waals surface area contributed by atoms with E-state index in [1.54, 1.807) is 7.11 Å². The first-order valence-electron chi connectivity index (χ1n) is 6.17. The Hall–Kier alpha value is -1.94. The molecule has 2 rings (SSSR count). The Labute approximate surface area is 112 Å². The summed E-state index contributed by atoms with van der Waals surface area (Å²) < 4.78 is 16.4. The molecule has 0 saturated heterocycles. The third-order valence-corrected chi connectivity index (χ3v) is 2.89. The van der Waals surface area contributed by atoms with Crippen LogP contribution in [0.1, 0.15) is 17.4 Å². The predicted molar refractivity (Wildman–Crippen MR) is 71.8 cm³/mol. The number of aliphatic hydroxyl groups is 1. The van der Waals surface area contributed by atoms with Crippen molar-refractivity contribution in [3.05, 3.63) is 47.9 Å². The molecule has 2 aromatic rings. The monoisotopic (exact) mass is 262 g/mol. The lowest BCUT2D eigenvalue weighted by Crippen LogP contribution is -2.13. The number of para-hydroxylation sites is 2. The first kappa shape index (κ1) is 13.5. The minimum atomic E-state index is -0.182. The van der Waals surface area contributed by atoms with Crippen LogP contribution in [0.2, 0.25) is 0 Å². The Morgan fingerprint density at radius 3 is 2.47 bits per heavy atom. The molecule has 102 valence electrons. The molecular formula is C15H18O4. The second kappa shape index (κ2) is 6.29. The van der Waals surface area contributed by atoms with Gasteiger partial charge >= 0.3 is 0 Å². The minimum absolute atomic E-state index is 0.0257. The molecule has 1 heterocycles. The third-order valence-electron chi connectivity index (χ3n) is 2.89. The number of aryl methyl sites for hydroxylation is 1. The summed E-state index contributed by atoms with van der Waals surface area (Å²) in [7, 11) is 1.60. The predicted octanol–water partition coefficient (Wildman–Crippen LogP) is 2.75. The number of benzene rings is 1. The Kier molecular flexibility index (Phi) is 4.47. The average molecular weight is 262 g/mol. The largest absolute Gasteiger partial charge is 0.493 e. The zero-order valence-electron chi connectivity index (χ0n) is 11.1. The van der Waals surface area contributed by atoms with E-state index in [0.29, 0.717) is 18.1 Å². The summed E-state index contributed by atoms with van der Waals surface area (Å²) in [5.74, 6) is 2.71. The van der Waals surface area contributed by atoms with Crippen LogP contribution in [-0.2, 0) is 0 Å². The molecule has 4 heteroatoms. The van der Waals surface area contributed by atoms with Gasteiger partial charge in [-0.15, -0.1) is 0 Å². The van der Waals surface area contributed by atoms with Crippen molar-refractivity contribution in [3.8, 4) is 11.5 Å². The molecule has 0 aliphatic rings. The number of hydrogen-bond donors (Lipinski definition) is 1. The Balaban J connectivity index is 2.04. The topological polar surface area (TPSA) is 51.8 Å². The Morgan fingerprint density at radius 2 is 1.89 bits per heavy atom. The maximum Gasteiger partial charge on any atom is 0.161 e. The van der Waals surface area contributed by atoms with Gasteiger partial charge in [-0.3, -0.25) is 0 Å². The highest BCUT2D eigenvalue weighted by molar-refractivity contribution is 5.39. The molecule has 0 bridgehead atoms. The summed E-state index contributed by atoms with van der Waals surface area (Å²) in [5.41, 5.74) is 0. The lowest BCUT2D eigenvalue weighted by atomic mass is 10.1. The van der Waals surface area contributed by atoms with Crippen LogP contribution in [0.15, 0.2) is 40.8 Å². The van der Waals surface area contributed by atoms with Crippen LogP contribution in [0.5, 0.6) is 11.5 Å². The van der Waals surface area contributed by atoms with Crippen molar-refractivity contribution in [2.75, 3.05) is 20.3 Å². The van der Waals surface area contributed by atoms with Crippen LogP contribution in [-0.4, -0.2) is 25.4 Å². The normalized spacial score (nSPS) is 12.2. The zero-order chi connectivity index (χ0) is 13.7. The number of aliphatic hydroxyl groups excluding tert-OH is 1. The van der Waals surface area contributed by atoms with E-state index in [4.69, 9.17) is 13.9 Å². The fraction of sp³-hybridized carbons (Fsp3) is 0.333. The van der Waals surface area contributed by atoms with Crippen molar-refractivity contribution in [2.45, 2.75) is 12.8 Å². The van der Waals surface area contributed by atoms with Crippen LogP contribution in [0.4, 0.5) is 0 Å². The van der Waals surface area contributed by atoms with Crippen molar-refractivity contribution < 1.29 is 19.0 Å². The Morgan fingerprint density at radius 1 is 1.16 bits per heavy atom. The van der Waals surface area contributed by atoms with E-state index >= 15 is 0 Å². The summed E-state index contributed by atoms with van der Waals surface area (Å²) in [5, 5.41) is 9.42. The number of methoxy groups -OCH3 is 1. The molecule has 4 nitrogen and oxygen atoms in total. The maximum atomic E-state index is 9.42. The second-order valence-corrected chi connectivity index (χ2v) is 4.29. The van der Waals surface area contributed by atoms with E-state index < -0.39 is 0 Å². The Bertz CT molecular complexity index is 518. The second-order valence-electron chi connectivity index (χ2n) is 4.29. The summed E-state index contributed by atoms with van der Waals surface area (Å²) >= 11 is 0. The van der Waals surface area contributed by atoms with Crippen molar-refractivity contribution in [2.24, 2.45) is 0 Å². The minimum Gasteiger partial charge on any atom is -0.493 e. The number of hydrogen-bond acceptors (Lipinski definition) is 4. The van der Waals surface area contributed by atoms with E-state index in [-0.39, 0.29) is 12.5 Å². The maximum absolute atomic E-state index is 9.42. The van der Waals surface area contributed by atoms with Crippen LogP contribution < -0.4 is 9.47 Å². The van der Waals surface area contributed by atoms with Crippen molar-refractivity contribution in [3.63, 3.8) is 0 Å². The molecule has 19 heavy (non-hydrogen) atoms. The summed E-state index contributed by atoms with van der Waals surface area (Å²) in [4.78, 5) is 0. The van der Waals surface area contributed by atoms with Gasteiger partial charge in [0.05, 0.1) is 19.6 Å². The van der Waals surface area contributed by atoms with E-state index in [1.165, 1.54) is 0 Å². The van der Waals surface area contributed by atoms with Gasteiger partial charge in [-0.2, -0.15) is 0 Å². The lowest BCUT2D eigenvalue weighted by Gasteiger charge is -2.15. The van der Waals surface area contributed by atoms with Gasteiger partial charge < -0.3 is 19.0 Å². The molecule has 0 fully saturated rings. The first-order valence-corrected chi connectivity index (χ1v) is 6.17. The highest BCUT2D eigenvalue weighted by Crippen LogP contribution is 2.27. The molecule has 0 spiro atoms. The highest BCUT2D eigenvalue weighted by atomic mass is 16.5. The highest BCUT2D eigenvalue weighted by Gasteiger charge is 2.16. The van der Waals surface area contributed by atoms with Gasteiger partial charge in [0.2, 0.25) is 0 Å². The van der Waals surface area contributed by atoms with E-state index in [0.717, 1.165) is 11.5 Å². The van der Waals surface area contributed by atoms with E-state index in [9.17, 15) is 5.11 Å². The molecule has 1 atom stereocenters. The summed E-state index contributed by atoms with van der Waals surface area (Å²) in [6.45, 7) is 2.19. The summed E-state index contributed by atoms with van der Waals surface area (Å²) in [6.07, 6.45) is 0. The van der Waals surface area contributed by atoms with Gasteiger partial charge in [-0.1, -0.05) is 12.1 Å². The van der Waals surface area contributed by atoms with Crippen LogP contribution >= 0.6 is 0 Å². The van der Waals surface area contributed by atoms with Crippen LogP contribution in [0, 0.1) is 6.92 Å². The van der Waals surface area contributed by atoms with E-state index in [2.05, 4.69) is 0 Å². The van der Waals surface area contributed by atoms with Crippen molar-refractivity contribution in [1.29, 1.82) is 0 Å². The quantitative estimate of drug-likeness (QED) is 0.869. The molecule has 0 radical (unpaired) electrons. The fourth-order valence-corrected chi connectivity index (χ4v) is 1.83. The van der Waals surface area contributed by atoms with Crippen LogP contribution in [0.25, 0.3) is 0 Å². The van der Waals surface area contributed by atoms with Gasteiger partial charge in [0.25, 0.3) is 0 Å². The molecule has 0 aliphatic heterocycles. The van der Waals surface area contributed by atoms with Gasteiger partial charge in [0, 0.05) is 0 Å². The molecule has 1 aromatic carbocycles. The molecular weight excluding hydrogens is 244 g/mol. The first-order chi connectivity index (χ1) is 9.24. The SMILES string of the molecule is COc1ccccc1OCC(CO)c1ccc(C)o1. The molecule has 0 aliphatic carbocycles. The molecule has 1 unspecified atom stereocenters. The summed E-state index contributed by atoms with van der Waals surface area (Å²) in [6, 6.07) is 11.2. The zero-order valence-corrected chi connectivity index (χ0v) is 11.1. The fourth-order valence-electron chi connectivity index (χ4n) is 1.83. The molecule has 0 amide bonds. The smallest absolute Gasteiger partial charge is 0.161 e. The van der Waals surface area contributed by atoms with Gasteiger partial charge in [0.15, 0.2) is 11.5 Å². The molecule has 1 aromatic heterocycles. The molecule has 0 saturated carbocycles. The number of rotatable bonds is 6. The van der Waals surface area contributed by atoms with Gasteiger partial charge in [-0.25, -0.2) is 0 Å². The van der Waals surface area contributed by atoms with Crippen molar-refractivity contribution >= 4 is 0 Å². The van der Waals surface area contributed by atoms with E-state index in [1.807, 2.05) is 43.3 Å². The van der Waals surface area contributed by atoms with Crippen molar-refractivity contribution in [1.82, 2.24) is 0 Å². The molecule has 1 N–H and O–H groups in total. The lowest BCUT2D eigenvalue weighted by molar-refractivity contribution is 0.186. The van der Waals surface area contributed by atoms with Gasteiger partial charge in [0.1, 0.15) is 18.1 Å². The van der Waals surface area contributed by atoms with Gasteiger partial charge in [-0.05, 0) is 31.2 Å². The number of ether oxygens (including phenoxy) is 2. The van der Waals surface area contributed by atoms with Crippen LogP contribution in [0.3, 0.4) is 0 Å². The average Bonchev–Trinajstić information content (AvgIpc) is 2.86. The standard InChI is InChI=1S/C15H18O4/c1-11-7-8-13(19-11)12(9-16)10-18-15-6-4-3-5-14(15)17-2/h3-8,12,16H,9-10H2,1-2H3. The third kappa shape index (κ3) is 3.29. The number of furan rings is 1.